The molecule has 1 heterocycles. The van der Waals surface area contributed by atoms with E-state index in [0.29, 0.717) is 21.6 Å². The van der Waals surface area contributed by atoms with E-state index < -0.39 is 37.2 Å². The lowest BCUT2D eigenvalue weighted by Crippen LogP contribution is -2.30. The number of hydrogen-bond acceptors (Lipinski definition) is 13. The van der Waals surface area contributed by atoms with Gasteiger partial charge in [-0.3, -0.25) is 9.59 Å². The summed E-state index contributed by atoms with van der Waals surface area (Å²) in [5.74, 6) is 1.25. The molecule has 0 amide bonds. The monoisotopic (exact) mass is 889 g/mol. The molecule has 11 nitrogen and oxygen atoms in total. The van der Waals surface area contributed by atoms with E-state index in [2.05, 4.69) is 27.0 Å². The molecule has 4 aliphatic carbocycles. The van der Waals surface area contributed by atoms with Crippen LogP contribution in [0.15, 0.2) is 57.0 Å². The van der Waals surface area contributed by atoms with Crippen LogP contribution in [0.5, 0.6) is 11.5 Å². The van der Waals surface area contributed by atoms with Crippen molar-refractivity contribution < 1.29 is 47.7 Å². The number of rotatable bonds is 16. The Morgan fingerprint density at radius 1 is 0.645 bits per heavy atom. The Hall–Kier alpha value is -4.02. The van der Waals surface area contributed by atoms with Crippen LogP contribution in [0.2, 0.25) is 0 Å². The molecule has 13 heteroatoms. The summed E-state index contributed by atoms with van der Waals surface area (Å²) in [5, 5.41) is 10.3. The van der Waals surface area contributed by atoms with Crippen LogP contribution in [0.1, 0.15) is 129 Å². The Kier molecular flexibility index (Phi) is 17.7. The molecule has 0 bridgehead atoms. The molecule has 0 saturated heterocycles. The number of carbonyl (C=O) groups is 5. The van der Waals surface area contributed by atoms with Crippen molar-refractivity contribution in [3.05, 3.63) is 47.3 Å². The molecule has 0 radical (unpaired) electrons. The van der Waals surface area contributed by atoms with Crippen LogP contribution in [-0.2, 0) is 38.2 Å². The third kappa shape index (κ3) is 12.4. The second kappa shape index (κ2) is 23.1. The zero-order chi connectivity index (χ0) is 44.2. The van der Waals surface area contributed by atoms with Crippen molar-refractivity contribution in [3.63, 3.8) is 0 Å². The zero-order valence-electron chi connectivity index (χ0n) is 36.4. The molecule has 5 aliphatic rings. The Labute approximate surface area is 375 Å². The maximum Gasteiger partial charge on any atom is 0.350 e. The predicted octanol–water partition coefficient (Wildman–Crippen LogP) is 10.8. The van der Waals surface area contributed by atoms with Gasteiger partial charge in [0.05, 0.1) is 25.9 Å². The molecule has 1 unspecified atom stereocenters. The van der Waals surface area contributed by atoms with Crippen LogP contribution >= 0.6 is 23.5 Å². The number of thioether (sulfide) groups is 2. The third-order valence-electron chi connectivity index (χ3n) is 14.3. The fourth-order valence-electron chi connectivity index (χ4n) is 10.3. The van der Waals surface area contributed by atoms with Crippen molar-refractivity contribution in [2.45, 2.75) is 145 Å². The molecule has 1 atom stereocenters. The fourth-order valence-corrected chi connectivity index (χ4v) is 12.9. The number of nitrogens with zero attached hydrogens (tertiary/aromatic N) is 1. The lowest BCUT2D eigenvalue weighted by molar-refractivity contribution is -0.160. The maximum atomic E-state index is 13.8. The summed E-state index contributed by atoms with van der Waals surface area (Å²) in [6, 6.07) is 5.20. The van der Waals surface area contributed by atoms with Gasteiger partial charge in [0, 0.05) is 12.2 Å². The van der Waals surface area contributed by atoms with E-state index in [9.17, 15) is 29.2 Å². The maximum absolute atomic E-state index is 13.8. The summed E-state index contributed by atoms with van der Waals surface area (Å²) < 4.78 is 28.1. The Balaban J connectivity index is 1.15. The molecule has 0 aromatic heterocycles. The first-order valence-corrected chi connectivity index (χ1v) is 24.6. The fraction of sp³-hybridized carbons (Fsp3) is 0.633. The topological polar surface area (TPSA) is 155 Å². The Bertz CT molecular complexity index is 1780. The number of carbonyl (C=O) groups excluding carboxylic acids is 5. The summed E-state index contributed by atoms with van der Waals surface area (Å²) in [6.45, 7) is 10.3. The van der Waals surface area contributed by atoms with Gasteiger partial charge in [-0.15, -0.1) is 0 Å². The molecule has 1 aromatic carbocycles. The SMILES string of the molecule is C=CC(=O)OCC(COC(=O)C(C#N)=C1Sc2c(OC(=O)C3CCC(C4CCC(CC)CC4)CC3)ccc(OC(=O)C3CCC(C4CCC(CC)CC4)CC3)c2S1)OC(=O)C=C. The molecule has 4 saturated carbocycles. The summed E-state index contributed by atoms with van der Waals surface area (Å²) >= 11 is 2.13. The average Bonchev–Trinajstić information content (AvgIpc) is 3.76. The highest BCUT2D eigenvalue weighted by molar-refractivity contribution is 8.24. The summed E-state index contributed by atoms with van der Waals surface area (Å²) in [5.41, 5.74) is -0.347. The van der Waals surface area contributed by atoms with E-state index in [1.165, 1.54) is 64.2 Å². The first-order chi connectivity index (χ1) is 30.0. The lowest BCUT2D eigenvalue weighted by atomic mass is 9.69. The molecular formula is C49H63NO10S2. The minimum atomic E-state index is -1.19. The predicted molar refractivity (Wildman–Crippen MR) is 237 cm³/mol. The van der Waals surface area contributed by atoms with Crippen molar-refractivity contribution in [1.82, 2.24) is 0 Å². The standard InChI is InChI=1S/C49H63NO10S2/c1-5-30-9-13-32(14-10-30)34-17-21-36(22-18-34)46(53)59-40-25-26-41(60-47(54)37-23-19-35(20-24-37)33-15-11-31(6-2)12-16-33)45-44(40)61-49(62-45)39(27-50)48(55)57-29-38(58-43(52)8-4)28-56-42(51)7-3/h7-8,25-26,30-38H,3-6,9-24,28-29H2,1-2H3. The van der Waals surface area contributed by atoms with E-state index in [1.54, 1.807) is 12.1 Å². The van der Waals surface area contributed by atoms with Crippen molar-refractivity contribution in [1.29, 1.82) is 5.26 Å². The van der Waals surface area contributed by atoms with Crippen molar-refractivity contribution in [2.24, 2.45) is 47.3 Å². The van der Waals surface area contributed by atoms with Gasteiger partial charge in [0.25, 0.3) is 0 Å². The number of esters is 5. The van der Waals surface area contributed by atoms with Crippen LogP contribution in [0, 0.1) is 58.7 Å². The summed E-state index contributed by atoms with van der Waals surface area (Å²) in [6.07, 6.45) is 20.6. The quantitative estimate of drug-likeness (QED) is 0.0509. The molecular weight excluding hydrogens is 827 g/mol. The Morgan fingerprint density at radius 2 is 1.05 bits per heavy atom. The first-order valence-electron chi connectivity index (χ1n) is 22.9. The smallest absolute Gasteiger partial charge is 0.350 e. The van der Waals surface area contributed by atoms with E-state index >= 15 is 0 Å². The average molecular weight is 890 g/mol. The molecule has 4 fully saturated rings. The van der Waals surface area contributed by atoms with Gasteiger partial charge in [-0.2, -0.15) is 5.26 Å². The highest BCUT2D eigenvalue weighted by atomic mass is 32.2. The number of ether oxygens (including phenoxy) is 5. The van der Waals surface area contributed by atoms with Gasteiger partial charge >= 0.3 is 29.8 Å². The Morgan fingerprint density at radius 3 is 1.44 bits per heavy atom. The molecule has 1 aromatic rings. The van der Waals surface area contributed by atoms with Gasteiger partial charge in [-0.25, -0.2) is 14.4 Å². The van der Waals surface area contributed by atoms with Crippen LogP contribution in [0.25, 0.3) is 0 Å². The number of nitriles is 1. The third-order valence-corrected chi connectivity index (χ3v) is 16.9. The molecule has 6 rings (SSSR count). The summed E-state index contributed by atoms with van der Waals surface area (Å²) in [7, 11) is 0. The van der Waals surface area contributed by atoms with E-state index in [1.807, 2.05) is 6.07 Å². The van der Waals surface area contributed by atoms with Gasteiger partial charge in [-0.1, -0.05) is 89.1 Å². The highest BCUT2D eigenvalue weighted by Crippen LogP contribution is 2.59. The lowest BCUT2D eigenvalue weighted by Gasteiger charge is -2.37. The highest BCUT2D eigenvalue weighted by Gasteiger charge is 2.38. The first kappa shape index (κ1) is 47.5. The van der Waals surface area contributed by atoms with Gasteiger partial charge < -0.3 is 23.7 Å². The van der Waals surface area contributed by atoms with Gasteiger partial charge in [0.2, 0.25) is 0 Å². The van der Waals surface area contributed by atoms with Crippen LogP contribution in [-0.4, -0.2) is 49.2 Å². The molecule has 1 aliphatic heterocycles. The van der Waals surface area contributed by atoms with E-state index in [-0.39, 0.29) is 45.1 Å². The molecule has 336 valence electrons. The van der Waals surface area contributed by atoms with E-state index in [0.717, 1.165) is 111 Å². The molecule has 0 spiro atoms. The van der Waals surface area contributed by atoms with Gasteiger partial charge in [0.15, 0.2) is 11.7 Å². The van der Waals surface area contributed by atoms with E-state index in [4.69, 9.17) is 23.7 Å². The number of benzene rings is 1. The van der Waals surface area contributed by atoms with Crippen LogP contribution < -0.4 is 9.47 Å². The second-order valence-corrected chi connectivity index (χ2v) is 20.1. The van der Waals surface area contributed by atoms with Gasteiger partial charge in [0.1, 0.15) is 30.8 Å². The largest absolute Gasteiger partial charge is 0.458 e. The van der Waals surface area contributed by atoms with Crippen LogP contribution in [0.4, 0.5) is 0 Å². The van der Waals surface area contributed by atoms with Gasteiger partial charge in [-0.05, 0) is 125 Å². The minimum Gasteiger partial charge on any atom is -0.458 e. The summed E-state index contributed by atoms with van der Waals surface area (Å²) in [4.78, 5) is 65.6. The number of fused-ring (bicyclic) bond motifs is 1. The van der Waals surface area contributed by atoms with Crippen molar-refractivity contribution in [3.8, 4) is 17.6 Å². The van der Waals surface area contributed by atoms with Crippen LogP contribution in [0.3, 0.4) is 0 Å². The molecule has 0 N–H and O–H groups in total. The molecule has 62 heavy (non-hydrogen) atoms. The zero-order valence-corrected chi connectivity index (χ0v) is 38.0. The van der Waals surface area contributed by atoms with Crippen molar-refractivity contribution in [2.75, 3.05) is 13.2 Å². The van der Waals surface area contributed by atoms with Crippen molar-refractivity contribution >= 4 is 53.4 Å². The normalized spacial score (nSPS) is 27.6. The second-order valence-electron chi connectivity index (χ2n) is 17.8. The number of hydrogen-bond donors (Lipinski definition) is 0. The minimum absolute atomic E-state index is 0.239.